The molecule has 10 atom stereocenters. The van der Waals surface area contributed by atoms with Crippen LogP contribution < -0.4 is 5.32 Å². The van der Waals surface area contributed by atoms with Crippen molar-refractivity contribution in [2.24, 2.45) is 16.7 Å². The van der Waals surface area contributed by atoms with E-state index >= 15 is 0 Å². The maximum absolute atomic E-state index is 14.6. The van der Waals surface area contributed by atoms with Gasteiger partial charge in [-0.3, -0.25) is 4.79 Å². The highest BCUT2D eigenvalue weighted by Crippen LogP contribution is 2.63. The van der Waals surface area contributed by atoms with Gasteiger partial charge >= 0.3 is 18.0 Å². The zero-order chi connectivity index (χ0) is 39.6. The minimum atomic E-state index is -2.18. The fourth-order valence-electron chi connectivity index (χ4n) is 9.18. The quantitative estimate of drug-likeness (QED) is 0.157. The Kier molecular flexibility index (Phi) is 10.2. The first kappa shape index (κ1) is 39.6. The second-order valence-corrected chi connectivity index (χ2v) is 16.9. The van der Waals surface area contributed by atoms with Crippen molar-refractivity contribution in [2.75, 3.05) is 6.61 Å². The summed E-state index contributed by atoms with van der Waals surface area (Å²) in [5, 5.41) is 51.6. The molecule has 0 radical (unpaired) electrons. The number of ketones is 1. The zero-order valence-corrected chi connectivity index (χ0v) is 31.7. The Balaban J connectivity index is 1.43. The van der Waals surface area contributed by atoms with Crippen molar-refractivity contribution in [3.8, 4) is 0 Å². The van der Waals surface area contributed by atoms with E-state index in [1.165, 1.54) is 12.1 Å². The van der Waals surface area contributed by atoms with Crippen molar-refractivity contribution in [2.45, 2.75) is 121 Å². The molecule has 2 aromatic rings. The van der Waals surface area contributed by atoms with Crippen LogP contribution in [0, 0.1) is 16.7 Å². The molecule has 1 saturated heterocycles. The Bertz CT molecular complexity index is 1820. The fourth-order valence-corrected chi connectivity index (χ4v) is 9.18. The van der Waals surface area contributed by atoms with Crippen molar-refractivity contribution in [1.29, 1.82) is 0 Å². The summed E-state index contributed by atoms with van der Waals surface area (Å²) >= 11 is 0. The normalized spacial score (nSPS) is 34.1. The number of esters is 2. The molecular weight excluding hydrogens is 698 g/mol. The predicted molar refractivity (Wildman–Crippen MR) is 193 cm³/mol. The lowest BCUT2D eigenvalue weighted by Gasteiger charge is -2.66. The molecule has 13 nitrogen and oxygen atoms in total. The largest absolute Gasteiger partial charge is 0.456 e. The SMILES string of the molecule is CC1=C2C(O)C(=O)[C@]3(C)CCC4OCC4(O)C3C(OC(=O)c3ccccc3)C(O)(CC1OC(=O)C(O)C(NC(=O)OC(C)(C)C)c1ccccc1)C2(C)C. The van der Waals surface area contributed by atoms with E-state index in [0.717, 1.165) is 0 Å². The van der Waals surface area contributed by atoms with E-state index in [2.05, 4.69) is 5.32 Å². The molecule has 13 heteroatoms. The third kappa shape index (κ3) is 6.53. The van der Waals surface area contributed by atoms with Gasteiger partial charge in [-0.1, -0.05) is 69.3 Å². The third-order valence-electron chi connectivity index (χ3n) is 12.1. The van der Waals surface area contributed by atoms with Crippen molar-refractivity contribution in [3.63, 3.8) is 0 Å². The van der Waals surface area contributed by atoms with Crippen LogP contribution in [0.1, 0.15) is 89.7 Å². The van der Waals surface area contributed by atoms with Crippen LogP contribution in [0.5, 0.6) is 0 Å². The van der Waals surface area contributed by atoms with E-state index in [9.17, 15) is 39.6 Å². The monoisotopic (exact) mass is 749 g/mol. The van der Waals surface area contributed by atoms with Gasteiger partial charge in [-0.2, -0.15) is 0 Å². The van der Waals surface area contributed by atoms with Crippen LogP contribution in [-0.4, -0.2) is 98.2 Å². The number of fused-ring (bicyclic) bond motifs is 5. The van der Waals surface area contributed by atoms with Gasteiger partial charge in [0.25, 0.3) is 0 Å². The molecule has 54 heavy (non-hydrogen) atoms. The van der Waals surface area contributed by atoms with E-state index in [1.54, 1.807) is 97.0 Å². The molecule has 2 bridgehead atoms. The highest BCUT2D eigenvalue weighted by atomic mass is 16.6. The molecule has 2 aromatic carbocycles. The summed E-state index contributed by atoms with van der Waals surface area (Å²) < 4.78 is 23.4. The van der Waals surface area contributed by atoms with Crippen molar-refractivity contribution in [1.82, 2.24) is 5.32 Å². The molecule has 292 valence electrons. The molecule has 1 heterocycles. The second-order valence-electron chi connectivity index (χ2n) is 16.9. The lowest BCUT2D eigenvalue weighted by Crippen LogP contribution is -2.78. The summed E-state index contributed by atoms with van der Waals surface area (Å²) in [6, 6.07) is 15.0. The Morgan fingerprint density at radius 2 is 1.57 bits per heavy atom. The van der Waals surface area contributed by atoms with Gasteiger partial charge in [0.05, 0.1) is 24.3 Å². The second kappa shape index (κ2) is 13.9. The summed E-state index contributed by atoms with van der Waals surface area (Å²) in [6.45, 7) is 11.2. The number of carbonyl (C=O) groups excluding carboxylic acids is 4. The number of aliphatic hydroxyl groups is 4. The minimum absolute atomic E-state index is 0.0689. The van der Waals surface area contributed by atoms with Crippen molar-refractivity contribution < 1.29 is 58.6 Å². The maximum Gasteiger partial charge on any atom is 0.408 e. The average molecular weight is 750 g/mol. The van der Waals surface area contributed by atoms with E-state index < -0.39 is 100 Å². The smallest absolute Gasteiger partial charge is 0.408 e. The number of hydrogen-bond acceptors (Lipinski definition) is 12. The number of nitrogens with one attached hydrogen (secondary N) is 1. The molecule has 3 fully saturated rings. The molecular formula is C41H51NO12. The van der Waals surface area contributed by atoms with Gasteiger partial charge in [-0.05, 0) is 69.4 Å². The first-order valence-electron chi connectivity index (χ1n) is 18.3. The van der Waals surface area contributed by atoms with Gasteiger partial charge in [0, 0.05) is 23.2 Å². The number of hydrogen-bond donors (Lipinski definition) is 5. The van der Waals surface area contributed by atoms with Gasteiger partial charge in [0.2, 0.25) is 0 Å². The number of aliphatic hydroxyl groups excluding tert-OH is 2. The molecule has 1 amide bonds. The van der Waals surface area contributed by atoms with Crippen LogP contribution >= 0.6 is 0 Å². The summed E-state index contributed by atoms with van der Waals surface area (Å²) in [7, 11) is 0. The Labute approximate surface area is 314 Å². The fraction of sp³-hybridized carbons (Fsp3) is 0.561. The number of ether oxygens (including phenoxy) is 4. The molecule has 2 saturated carbocycles. The molecule has 1 aliphatic heterocycles. The molecule has 4 aliphatic rings. The highest BCUT2D eigenvalue weighted by molar-refractivity contribution is 5.93. The van der Waals surface area contributed by atoms with Crippen LogP contribution in [0.4, 0.5) is 4.79 Å². The summed E-state index contributed by atoms with van der Waals surface area (Å²) in [6.07, 6.45) is -8.31. The van der Waals surface area contributed by atoms with Crippen molar-refractivity contribution >= 4 is 23.8 Å². The Hall–Kier alpha value is -4.14. The van der Waals surface area contributed by atoms with Crippen LogP contribution in [0.3, 0.4) is 0 Å². The molecule has 9 unspecified atom stereocenters. The van der Waals surface area contributed by atoms with E-state index in [4.69, 9.17) is 18.9 Å². The molecule has 3 aliphatic carbocycles. The summed E-state index contributed by atoms with van der Waals surface area (Å²) in [5.41, 5.74) is -6.91. The number of alkyl carbamates (subject to hydrolysis) is 1. The lowest BCUT2D eigenvalue weighted by atomic mass is 9.45. The van der Waals surface area contributed by atoms with Crippen molar-refractivity contribution in [3.05, 3.63) is 82.9 Å². The first-order valence-corrected chi connectivity index (χ1v) is 18.3. The number of carbonyl (C=O) groups is 4. The van der Waals surface area contributed by atoms with Crippen LogP contribution in [0.2, 0.25) is 0 Å². The summed E-state index contributed by atoms with van der Waals surface area (Å²) in [5.74, 6) is -3.90. The number of benzene rings is 2. The highest BCUT2D eigenvalue weighted by Gasteiger charge is 2.74. The van der Waals surface area contributed by atoms with Gasteiger partial charge in [0.15, 0.2) is 11.9 Å². The van der Waals surface area contributed by atoms with E-state index in [0.29, 0.717) is 12.0 Å². The molecule has 0 spiro atoms. The van der Waals surface area contributed by atoms with Gasteiger partial charge in [0.1, 0.15) is 35.1 Å². The minimum Gasteiger partial charge on any atom is -0.456 e. The van der Waals surface area contributed by atoms with Gasteiger partial charge < -0.3 is 44.7 Å². The average Bonchev–Trinajstić information content (AvgIpc) is 3.10. The summed E-state index contributed by atoms with van der Waals surface area (Å²) in [4.78, 5) is 55.4. The first-order chi connectivity index (χ1) is 25.2. The van der Waals surface area contributed by atoms with E-state index in [-0.39, 0.29) is 29.7 Å². The maximum atomic E-state index is 14.6. The third-order valence-corrected chi connectivity index (χ3v) is 12.1. The van der Waals surface area contributed by atoms with Crippen LogP contribution in [0.25, 0.3) is 0 Å². The number of amides is 1. The van der Waals surface area contributed by atoms with E-state index in [1.807, 2.05) is 0 Å². The standard InChI is InChI=1S/C41H51NO12/c1-22-25(52-35(47)30(44)28(23-14-10-8-11-15-23)42-36(48)54-37(2,3)4)20-41(50)33(53-34(46)24-16-12-9-13-17-24)31-39(7,19-18-26-40(31,49)21-51-26)32(45)29(43)27(22)38(41,5)6/h8-17,25-26,28-31,33,43-44,49-50H,18-21H2,1-7H3,(H,42,48)/t25?,26?,28?,29?,30?,31?,33?,39-,40?,41?/m1/s1. The topological polar surface area (TPSA) is 198 Å². The molecule has 0 aromatic heterocycles. The van der Waals surface area contributed by atoms with Crippen LogP contribution in [-0.2, 0) is 28.5 Å². The van der Waals surface area contributed by atoms with Crippen LogP contribution in [0.15, 0.2) is 71.8 Å². The van der Waals surface area contributed by atoms with Gasteiger partial charge in [-0.15, -0.1) is 0 Å². The Morgan fingerprint density at radius 3 is 2.15 bits per heavy atom. The molecule has 6 rings (SSSR count). The molecule has 5 N–H and O–H groups in total. The number of rotatable bonds is 7. The lowest BCUT2D eigenvalue weighted by molar-refractivity contribution is -0.329. The Morgan fingerprint density at radius 1 is 0.963 bits per heavy atom. The zero-order valence-electron chi connectivity index (χ0n) is 31.7. The number of Topliss-reactive ketones (excluding diaryl/α,β-unsaturated/α-hetero) is 1. The van der Waals surface area contributed by atoms with Gasteiger partial charge in [-0.25, -0.2) is 14.4 Å². The predicted octanol–water partition coefficient (Wildman–Crippen LogP) is 3.72.